The number of anilines is 2. The minimum atomic E-state index is -0.177. The number of nitrogens with zero attached hydrogens (tertiary/aromatic N) is 5. The summed E-state index contributed by atoms with van der Waals surface area (Å²) < 4.78 is 0. The van der Waals surface area contributed by atoms with E-state index in [-0.39, 0.29) is 6.10 Å². The van der Waals surface area contributed by atoms with E-state index < -0.39 is 0 Å². The van der Waals surface area contributed by atoms with Gasteiger partial charge in [0.2, 0.25) is 5.95 Å². The smallest absolute Gasteiger partial charge is 0.224 e. The summed E-state index contributed by atoms with van der Waals surface area (Å²) >= 11 is 0. The molecule has 3 heterocycles. The van der Waals surface area contributed by atoms with Gasteiger partial charge in [-0.1, -0.05) is 32.3 Å². The van der Waals surface area contributed by atoms with Gasteiger partial charge in [0.1, 0.15) is 5.82 Å². The van der Waals surface area contributed by atoms with Crippen LogP contribution in [0.15, 0.2) is 24.5 Å². The van der Waals surface area contributed by atoms with Gasteiger partial charge in [0.25, 0.3) is 0 Å². The number of aliphatic hydroxyl groups excluding tert-OH is 1. The molecule has 1 aliphatic heterocycles. The van der Waals surface area contributed by atoms with Gasteiger partial charge in [-0.25, -0.2) is 4.98 Å². The number of pyridine rings is 1. The van der Waals surface area contributed by atoms with Crippen molar-refractivity contribution in [1.82, 2.24) is 24.8 Å². The van der Waals surface area contributed by atoms with Crippen molar-refractivity contribution in [1.29, 1.82) is 0 Å². The number of hydrogen-bond acceptors (Lipinski definition) is 8. The highest BCUT2D eigenvalue weighted by Crippen LogP contribution is 2.29. The summed E-state index contributed by atoms with van der Waals surface area (Å²) in [5.41, 5.74) is 3.05. The molecule has 3 N–H and O–H groups in total. The number of hydrogen-bond donors (Lipinski definition) is 3. The molecule has 0 aromatic carbocycles. The number of piperazine rings is 1. The zero-order valence-corrected chi connectivity index (χ0v) is 22.4. The average molecular weight is 496 g/mol. The standard InChI is InChI=1S/C28H45N7O/c1-4-5-6-7-21(2)31-28-30-19-25(27(33-28)32-23-9-11-24(36)12-10-23)26-13-8-22(18-29-26)20-35-16-14-34(3)15-17-35/h8,13,18-19,21,23-24,36H,4-7,9-12,14-17,20H2,1-3H3,(H2,30,31,32,33)/t21-,23-,24-/m0/s1. The van der Waals surface area contributed by atoms with Gasteiger partial charge in [0, 0.05) is 57.2 Å². The Morgan fingerprint density at radius 3 is 2.50 bits per heavy atom. The fourth-order valence-electron chi connectivity index (χ4n) is 5.10. The summed E-state index contributed by atoms with van der Waals surface area (Å²) in [6, 6.07) is 4.91. The van der Waals surface area contributed by atoms with Crippen LogP contribution < -0.4 is 10.6 Å². The summed E-state index contributed by atoms with van der Waals surface area (Å²) in [5, 5.41) is 17.1. The molecule has 2 aromatic heterocycles. The first kappa shape index (κ1) is 26.8. The molecule has 1 aliphatic carbocycles. The number of aromatic nitrogens is 3. The van der Waals surface area contributed by atoms with E-state index in [1.165, 1.54) is 24.8 Å². The molecule has 0 radical (unpaired) electrons. The van der Waals surface area contributed by atoms with Gasteiger partial charge in [0.05, 0.1) is 17.4 Å². The quantitative estimate of drug-likeness (QED) is 0.396. The Morgan fingerprint density at radius 2 is 1.81 bits per heavy atom. The van der Waals surface area contributed by atoms with Crippen LogP contribution in [0.4, 0.5) is 11.8 Å². The van der Waals surface area contributed by atoms with E-state index in [2.05, 4.69) is 58.4 Å². The molecule has 36 heavy (non-hydrogen) atoms. The third-order valence-electron chi connectivity index (χ3n) is 7.55. The van der Waals surface area contributed by atoms with Gasteiger partial charge in [-0.2, -0.15) is 4.98 Å². The third kappa shape index (κ3) is 7.85. The maximum Gasteiger partial charge on any atom is 0.224 e. The summed E-state index contributed by atoms with van der Waals surface area (Å²) in [5.74, 6) is 1.49. The monoisotopic (exact) mass is 495 g/mol. The first-order chi connectivity index (χ1) is 17.5. The van der Waals surface area contributed by atoms with Crippen LogP contribution in [-0.2, 0) is 6.54 Å². The van der Waals surface area contributed by atoms with E-state index in [0.29, 0.717) is 18.0 Å². The lowest BCUT2D eigenvalue weighted by atomic mass is 9.93. The maximum atomic E-state index is 9.93. The van der Waals surface area contributed by atoms with Crippen LogP contribution in [0.5, 0.6) is 0 Å². The van der Waals surface area contributed by atoms with Crippen LogP contribution in [0.3, 0.4) is 0 Å². The Balaban J connectivity index is 1.47. The van der Waals surface area contributed by atoms with Crippen LogP contribution in [0.25, 0.3) is 11.3 Å². The molecule has 0 amide bonds. The van der Waals surface area contributed by atoms with Crippen LogP contribution in [0, 0.1) is 0 Å². The normalized spacial score (nSPS) is 22.3. The van der Waals surface area contributed by atoms with E-state index >= 15 is 0 Å². The molecular weight excluding hydrogens is 450 g/mol. The second kappa shape index (κ2) is 13.3. The van der Waals surface area contributed by atoms with Crippen molar-refractivity contribution >= 4 is 11.8 Å². The summed E-state index contributed by atoms with van der Waals surface area (Å²) in [6.07, 6.45) is 12.1. The first-order valence-electron chi connectivity index (χ1n) is 13.9. The van der Waals surface area contributed by atoms with Crippen molar-refractivity contribution in [3.8, 4) is 11.3 Å². The van der Waals surface area contributed by atoms with Crippen LogP contribution in [0.2, 0.25) is 0 Å². The molecule has 8 heteroatoms. The fraction of sp³-hybridized carbons (Fsp3) is 0.679. The molecule has 1 saturated heterocycles. The predicted molar refractivity (Wildman–Crippen MR) is 147 cm³/mol. The molecule has 4 rings (SSSR count). The number of nitrogens with one attached hydrogen (secondary N) is 2. The Labute approximate surface area is 216 Å². The molecule has 198 valence electrons. The molecule has 8 nitrogen and oxygen atoms in total. The second-order valence-electron chi connectivity index (χ2n) is 10.8. The van der Waals surface area contributed by atoms with Gasteiger partial charge in [-0.05, 0) is 57.7 Å². The van der Waals surface area contributed by atoms with Crippen molar-refractivity contribution < 1.29 is 5.11 Å². The van der Waals surface area contributed by atoms with Gasteiger partial charge in [-0.15, -0.1) is 0 Å². The molecule has 1 atom stereocenters. The Kier molecular flexibility index (Phi) is 9.90. The highest BCUT2D eigenvalue weighted by molar-refractivity contribution is 5.73. The van der Waals surface area contributed by atoms with Gasteiger partial charge in [0.15, 0.2) is 0 Å². The molecule has 0 spiro atoms. The second-order valence-corrected chi connectivity index (χ2v) is 10.8. The van der Waals surface area contributed by atoms with Crippen molar-refractivity contribution in [2.75, 3.05) is 43.9 Å². The van der Waals surface area contributed by atoms with E-state index in [9.17, 15) is 5.11 Å². The number of likely N-dealkylation sites (N-methyl/N-ethyl adjacent to an activating group) is 1. The Morgan fingerprint density at radius 1 is 1.03 bits per heavy atom. The van der Waals surface area contributed by atoms with E-state index in [1.807, 2.05) is 12.4 Å². The SMILES string of the molecule is CCCCC[C@H](C)Nc1ncc(-c2ccc(CN3CCN(C)CC3)cn2)c(N[C@H]2CC[C@H](O)CC2)n1. The molecule has 1 saturated carbocycles. The van der Waals surface area contributed by atoms with Crippen molar-refractivity contribution in [2.24, 2.45) is 0 Å². The number of unbranched alkanes of at least 4 members (excludes halogenated alkanes) is 2. The highest BCUT2D eigenvalue weighted by Gasteiger charge is 2.22. The Bertz CT molecular complexity index is 922. The maximum absolute atomic E-state index is 9.93. The van der Waals surface area contributed by atoms with Crippen molar-refractivity contribution in [3.63, 3.8) is 0 Å². The molecule has 2 aromatic rings. The predicted octanol–water partition coefficient (Wildman–Crippen LogP) is 4.38. The summed E-state index contributed by atoms with van der Waals surface area (Å²) in [6.45, 7) is 9.80. The molecule has 0 bridgehead atoms. The molecule has 2 aliphatic rings. The van der Waals surface area contributed by atoms with Gasteiger partial charge >= 0.3 is 0 Å². The molecule has 0 unspecified atom stereocenters. The zero-order chi connectivity index (χ0) is 25.3. The van der Waals surface area contributed by atoms with Gasteiger partial charge in [-0.3, -0.25) is 9.88 Å². The topological polar surface area (TPSA) is 89.4 Å². The summed E-state index contributed by atoms with van der Waals surface area (Å²) in [4.78, 5) is 19.3. The number of aliphatic hydroxyl groups is 1. The lowest BCUT2D eigenvalue weighted by molar-refractivity contribution is 0.126. The third-order valence-corrected chi connectivity index (χ3v) is 7.55. The molecular formula is C28H45N7O. The summed E-state index contributed by atoms with van der Waals surface area (Å²) in [7, 11) is 2.19. The molecule has 2 fully saturated rings. The minimum Gasteiger partial charge on any atom is -0.393 e. The Hall–Kier alpha value is -2.29. The van der Waals surface area contributed by atoms with Crippen LogP contribution in [0.1, 0.15) is 70.8 Å². The fourth-order valence-corrected chi connectivity index (χ4v) is 5.10. The largest absolute Gasteiger partial charge is 0.393 e. The van der Waals surface area contributed by atoms with Crippen LogP contribution >= 0.6 is 0 Å². The van der Waals surface area contributed by atoms with Crippen molar-refractivity contribution in [2.45, 2.75) is 89.9 Å². The highest BCUT2D eigenvalue weighted by atomic mass is 16.3. The van der Waals surface area contributed by atoms with Crippen LogP contribution in [-0.4, -0.2) is 81.3 Å². The van der Waals surface area contributed by atoms with Crippen molar-refractivity contribution in [3.05, 3.63) is 30.1 Å². The van der Waals surface area contributed by atoms with E-state index in [0.717, 1.165) is 81.9 Å². The van der Waals surface area contributed by atoms with Gasteiger partial charge < -0.3 is 20.6 Å². The zero-order valence-electron chi connectivity index (χ0n) is 22.4. The number of rotatable bonds is 11. The lowest BCUT2D eigenvalue weighted by Crippen LogP contribution is -2.43. The minimum absolute atomic E-state index is 0.177. The lowest BCUT2D eigenvalue weighted by Gasteiger charge is -2.32. The van der Waals surface area contributed by atoms with E-state index in [4.69, 9.17) is 9.97 Å². The average Bonchev–Trinajstić information content (AvgIpc) is 2.88. The van der Waals surface area contributed by atoms with E-state index in [1.54, 1.807) is 0 Å². The first-order valence-corrected chi connectivity index (χ1v) is 13.9.